The molecule has 10 rings (SSSR count). The number of benzene rings is 4. The molecule has 2 atom stereocenters. The van der Waals surface area contributed by atoms with Gasteiger partial charge in [-0.15, -0.1) is 0 Å². The Kier molecular flexibility index (Phi) is 8.33. The smallest absolute Gasteiger partial charge is 0.221 e. The lowest BCUT2D eigenvalue weighted by molar-refractivity contribution is -0.719. The summed E-state index contributed by atoms with van der Waals surface area (Å²) in [5.74, 6) is 1.18. The van der Waals surface area contributed by atoms with Crippen molar-refractivity contribution in [1.82, 2.24) is 4.57 Å². The van der Waals surface area contributed by atoms with Crippen LogP contribution in [0, 0.1) is 5.92 Å². The van der Waals surface area contributed by atoms with Gasteiger partial charge < -0.3 is 4.57 Å². The van der Waals surface area contributed by atoms with E-state index in [-0.39, 0.29) is 6.04 Å². The standard InChI is InChI=1S/C51H53N3Si/c1-34-29-46-43(40-19-11-12-20-41(40)47-32-39(30-35-15-9-10-16-35)49(33-54(46)47)55(3,4)5)25-23-37-24-26-44-42-21-13-14-22-45(42)52(2)51(44)50(37)48-31-38(27-28-53(34)48)36-17-7-6-8-18-36/h6-8,11-14,17-22,24,26-28,31-33,35,43,46H,1,9-10,15-16,23,25,29-30H2,2-5H3/q+2. The monoisotopic (exact) mass is 735 g/mol. The number of hydrogen-bond donors (Lipinski definition) is 0. The van der Waals surface area contributed by atoms with Gasteiger partial charge in [-0.1, -0.05) is 124 Å². The van der Waals surface area contributed by atoms with Gasteiger partial charge in [-0.3, -0.25) is 0 Å². The van der Waals surface area contributed by atoms with Gasteiger partial charge in [0.1, 0.15) is 0 Å². The second-order valence-electron chi connectivity index (χ2n) is 17.8. The van der Waals surface area contributed by atoms with Crippen LogP contribution >= 0.6 is 0 Å². The summed E-state index contributed by atoms with van der Waals surface area (Å²) in [6, 6.07) is 41.6. The fraction of sp³-hybridized carbons (Fsp3) is 0.294. The van der Waals surface area contributed by atoms with Crippen LogP contribution in [-0.4, -0.2) is 12.6 Å². The lowest BCUT2D eigenvalue weighted by atomic mass is 9.77. The number of nitrogens with zero attached hydrogens (tertiary/aromatic N) is 3. The fourth-order valence-corrected chi connectivity index (χ4v) is 12.4. The number of aryl methyl sites for hydroxylation is 2. The van der Waals surface area contributed by atoms with Gasteiger partial charge in [0, 0.05) is 58.2 Å². The van der Waals surface area contributed by atoms with Gasteiger partial charge >= 0.3 is 0 Å². The van der Waals surface area contributed by atoms with Crippen molar-refractivity contribution in [2.75, 3.05) is 0 Å². The highest BCUT2D eigenvalue weighted by molar-refractivity contribution is 6.89. The van der Waals surface area contributed by atoms with Crippen LogP contribution < -0.4 is 14.3 Å². The molecule has 2 aliphatic heterocycles. The lowest BCUT2D eigenvalue weighted by Crippen LogP contribution is -2.54. The molecule has 4 heteroatoms. The molecular weight excluding hydrogens is 683 g/mol. The summed E-state index contributed by atoms with van der Waals surface area (Å²) in [7, 11) is 0.597. The van der Waals surface area contributed by atoms with E-state index in [0.29, 0.717) is 5.92 Å². The first-order valence-electron chi connectivity index (χ1n) is 20.7. The van der Waals surface area contributed by atoms with E-state index in [0.717, 1.165) is 30.9 Å². The summed E-state index contributed by atoms with van der Waals surface area (Å²) in [5, 5.41) is 4.27. The second-order valence-corrected chi connectivity index (χ2v) is 22.8. The third-order valence-corrected chi connectivity index (χ3v) is 15.5. The number of allylic oxidation sites excluding steroid dienone is 1. The molecule has 0 N–H and O–H groups in total. The van der Waals surface area contributed by atoms with Gasteiger partial charge in [0.2, 0.25) is 11.4 Å². The molecule has 3 aliphatic rings. The quantitative estimate of drug-likeness (QED) is 0.126. The molecule has 1 aliphatic carbocycles. The van der Waals surface area contributed by atoms with Gasteiger partial charge in [-0.05, 0) is 71.7 Å². The topological polar surface area (TPSA) is 12.7 Å². The molecular formula is C51H53N3Si+2. The molecule has 0 radical (unpaired) electrons. The van der Waals surface area contributed by atoms with E-state index in [2.05, 4.69) is 162 Å². The maximum Gasteiger partial charge on any atom is 0.221 e. The van der Waals surface area contributed by atoms with Gasteiger partial charge in [0.05, 0.1) is 25.6 Å². The maximum absolute atomic E-state index is 4.98. The third kappa shape index (κ3) is 5.75. The van der Waals surface area contributed by atoms with Gasteiger partial charge in [0.15, 0.2) is 24.1 Å². The SMILES string of the molecule is C=C1CC2C(CCc3ccc4c5ccccc5n(C)c4c3-c3cc(-c4ccccc4)cc[n+]31)c1ccccc1-c1cc(CC3CCCC3)c([Si](C)(C)C)c[n+]12. The van der Waals surface area contributed by atoms with E-state index >= 15 is 0 Å². The number of aromatic nitrogens is 3. The minimum absolute atomic E-state index is 0.269. The minimum Gasteiger partial charge on any atom is -0.343 e. The molecule has 1 fully saturated rings. The molecule has 4 aromatic carbocycles. The molecule has 0 spiro atoms. The molecule has 2 unspecified atom stereocenters. The third-order valence-electron chi connectivity index (χ3n) is 13.4. The van der Waals surface area contributed by atoms with E-state index in [1.165, 1.54) is 98.7 Å². The first kappa shape index (κ1) is 34.4. The van der Waals surface area contributed by atoms with Gasteiger partial charge in [0.25, 0.3) is 0 Å². The summed E-state index contributed by atoms with van der Waals surface area (Å²) >= 11 is 0. The highest BCUT2D eigenvalue weighted by Crippen LogP contribution is 2.46. The van der Waals surface area contributed by atoms with Crippen LogP contribution in [0.5, 0.6) is 0 Å². The zero-order valence-electron chi connectivity index (χ0n) is 33.0. The fourth-order valence-electron chi connectivity index (χ4n) is 10.7. The zero-order valence-corrected chi connectivity index (χ0v) is 34.0. The Bertz CT molecular complexity index is 2640. The second kappa shape index (κ2) is 13.3. The van der Waals surface area contributed by atoms with Crippen LogP contribution in [0.2, 0.25) is 19.6 Å². The van der Waals surface area contributed by atoms with E-state index in [1.54, 1.807) is 10.8 Å². The maximum atomic E-state index is 4.98. The molecule has 0 saturated heterocycles. The van der Waals surface area contributed by atoms with Crippen LogP contribution in [0.4, 0.5) is 0 Å². The number of rotatable bonds is 4. The molecule has 3 nitrogen and oxygen atoms in total. The van der Waals surface area contributed by atoms with Crippen molar-refractivity contribution in [3.8, 4) is 33.6 Å². The number of pyridine rings is 2. The van der Waals surface area contributed by atoms with Crippen molar-refractivity contribution < 1.29 is 9.13 Å². The lowest BCUT2D eigenvalue weighted by Gasteiger charge is -2.33. The Morgan fingerprint density at radius 1 is 0.764 bits per heavy atom. The molecule has 55 heavy (non-hydrogen) atoms. The van der Waals surface area contributed by atoms with Crippen LogP contribution in [-0.2, 0) is 19.9 Å². The van der Waals surface area contributed by atoms with Crippen molar-refractivity contribution in [2.24, 2.45) is 13.0 Å². The Morgan fingerprint density at radius 2 is 1.53 bits per heavy atom. The van der Waals surface area contributed by atoms with Crippen molar-refractivity contribution in [3.05, 3.63) is 145 Å². The number of para-hydroxylation sites is 1. The zero-order chi connectivity index (χ0) is 37.4. The molecule has 0 amide bonds. The summed E-state index contributed by atoms with van der Waals surface area (Å²) in [6.07, 6.45) is 14.7. The van der Waals surface area contributed by atoms with E-state index < -0.39 is 8.07 Å². The highest BCUT2D eigenvalue weighted by Gasteiger charge is 2.44. The number of fused-ring (bicyclic) bond motifs is 13. The molecule has 5 heterocycles. The summed E-state index contributed by atoms with van der Waals surface area (Å²) in [6.45, 7) is 12.6. The molecule has 3 aromatic heterocycles. The van der Waals surface area contributed by atoms with E-state index in [9.17, 15) is 0 Å². The summed E-state index contributed by atoms with van der Waals surface area (Å²) in [4.78, 5) is 0. The normalized spacial score (nSPS) is 18.4. The molecule has 274 valence electrons. The van der Waals surface area contributed by atoms with Crippen LogP contribution in [0.25, 0.3) is 61.1 Å². The largest absolute Gasteiger partial charge is 0.343 e. The summed E-state index contributed by atoms with van der Waals surface area (Å²) in [5.41, 5.74) is 16.1. The predicted octanol–water partition coefficient (Wildman–Crippen LogP) is 11.3. The molecule has 7 aromatic rings. The summed E-state index contributed by atoms with van der Waals surface area (Å²) < 4.78 is 7.61. The Labute approximate surface area is 327 Å². The van der Waals surface area contributed by atoms with Crippen molar-refractivity contribution in [2.45, 2.75) is 83.0 Å². The Balaban J connectivity index is 1.20. The Morgan fingerprint density at radius 3 is 2.35 bits per heavy atom. The van der Waals surface area contributed by atoms with E-state index in [4.69, 9.17) is 6.58 Å². The van der Waals surface area contributed by atoms with Crippen LogP contribution in [0.3, 0.4) is 0 Å². The van der Waals surface area contributed by atoms with Crippen molar-refractivity contribution in [1.29, 1.82) is 0 Å². The molecule has 0 bridgehead atoms. The van der Waals surface area contributed by atoms with Crippen molar-refractivity contribution in [3.63, 3.8) is 0 Å². The highest BCUT2D eigenvalue weighted by atomic mass is 28.3. The van der Waals surface area contributed by atoms with E-state index in [1.807, 2.05) is 0 Å². The average Bonchev–Trinajstić information content (AvgIpc) is 3.82. The van der Waals surface area contributed by atoms with Crippen LogP contribution in [0.15, 0.2) is 128 Å². The minimum atomic E-state index is -1.66. The number of hydrogen-bond acceptors (Lipinski definition) is 0. The van der Waals surface area contributed by atoms with Gasteiger partial charge in [-0.25, -0.2) is 0 Å². The Hall–Kier alpha value is -5.06. The van der Waals surface area contributed by atoms with Crippen LogP contribution in [0.1, 0.15) is 67.2 Å². The molecule has 1 saturated carbocycles. The van der Waals surface area contributed by atoms with Gasteiger partial charge in [-0.2, -0.15) is 9.13 Å². The predicted molar refractivity (Wildman–Crippen MR) is 232 cm³/mol. The first-order valence-corrected chi connectivity index (χ1v) is 24.2. The first-order chi connectivity index (χ1) is 26.7. The average molecular weight is 736 g/mol. The van der Waals surface area contributed by atoms with Crippen molar-refractivity contribution >= 4 is 40.8 Å².